The Morgan fingerprint density at radius 2 is 2.13 bits per heavy atom. The topological polar surface area (TPSA) is 64.0 Å². The highest BCUT2D eigenvalue weighted by molar-refractivity contribution is 5.86. The maximum absolute atomic E-state index is 13.8. The zero-order chi connectivity index (χ0) is 17.0. The number of carbonyl (C=O) groups is 1. The van der Waals surface area contributed by atoms with Gasteiger partial charge in [-0.25, -0.2) is 8.78 Å². The first-order chi connectivity index (χ1) is 10.9. The van der Waals surface area contributed by atoms with Crippen LogP contribution < -0.4 is 0 Å². The Balaban J connectivity index is 2.11. The summed E-state index contributed by atoms with van der Waals surface area (Å²) in [5, 5.41) is 19.6. The Morgan fingerprint density at radius 3 is 2.83 bits per heavy atom. The van der Waals surface area contributed by atoms with Crippen LogP contribution in [-0.2, 0) is 11.3 Å². The number of benzene rings is 1. The molecule has 0 saturated carbocycles. The minimum atomic E-state index is -1.56. The Bertz CT molecular complexity index is 570. The first-order valence-corrected chi connectivity index (χ1v) is 7.61. The quantitative estimate of drug-likeness (QED) is 0.809. The molecule has 1 heterocycles. The zero-order valence-electron chi connectivity index (χ0n) is 13.1. The van der Waals surface area contributed by atoms with Crippen molar-refractivity contribution in [2.24, 2.45) is 0 Å². The number of hydrogen-bond donors (Lipinski definition) is 2. The lowest BCUT2D eigenvalue weighted by Crippen LogP contribution is -2.58. The second kappa shape index (κ2) is 7.33. The predicted molar refractivity (Wildman–Crippen MR) is 80.5 cm³/mol. The van der Waals surface area contributed by atoms with Gasteiger partial charge in [0.15, 0.2) is 17.2 Å². The van der Waals surface area contributed by atoms with E-state index in [4.69, 9.17) is 5.11 Å². The van der Waals surface area contributed by atoms with E-state index >= 15 is 0 Å². The van der Waals surface area contributed by atoms with Gasteiger partial charge in [0, 0.05) is 31.7 Å². The Morgan fingerprint density at radius 1 is 1.39 bits per heavy atom. The molecule has 0 bridgehead atoms. The summed E-state index contributed by atoms with van der Waals surface area (Å²) in [7, 11) is 1.70. The molecular formula is C16H22F2N2O3. The molecule has 1 saturated heterocycles. The highest BCUT2D eigenvalue weighted by Gasteiger charge is 2.42. The molecule has 2 N–H and O–H groups in total. The minimum Gasteiger partial charge on any atom is -0.395 e. The number of likely N-dealkylation sites (N-methyl/N-ethyl adjacent to an activating group) is 1. The molecule has 5 nitrogen and oxygen atoms in total. The molecular weight excluding hydrogens is 306 g/mol. The fourth-order valence-corrected chi connectivity index (χ4v) is 2.94. The molecule has 1 aromatic carbocycles. The van der Waals surface area contributed by atoms with E-state index in [1.165, 1.54) is 17.0 Å². The van der Waals surface area contributed by atoms with Gasteiger partial charge in [-0.05, 0) is 26.0 Å². The van der Waals surface area contributed by atoms with Crippen LogP contribution in [0, 0.1) is 11.6 Å². The van der Waals surface area contributed by atoms with E-state index in [0.29, 0.717) is 25.9 Å². The molecule has 128 valence electrons. The number of aliphatic hydroxyl groups excluding tert-OH is 1. The smallest absolute Gasteiger partial charge is 0.256 e. The van der Waals surface area contributed by atoms with Crippen LogP contribution in [0.25, 0.3) is 0 Å². The monoisotopic (exact) mass is 328 g/mol. The lowest BCUT2D eigenvalue weighted by atomic mass is 9.91. The number of piperidine rings is 1. The maximum atomic E-state index is 13.8. The van der Waals surface area contributed by atoms with Gasteiger partial charge in [-0.1, -0.05) is 12.1 Å². The summed E-state index contributed by atoms with van der Waals surface area (Å²) in [6.07, 6.45) is 0.885. The lowest BCUT2D eigenvalue weighted by molar-refractivity contribution is -0.160. The number of nitrogens with zero attached hydrogens (tertiary/aromatic N) is 2. The third kappa shape index (κ3) is 4.04. The molecule has 23 heavy (non-hydrogen) atoms. The minimum absolute atomic E-state index is 0.0704. The van der Waals surface area contributed by atoms with Crippen molar-refractivity contribution in [2.45, 2.75) is 25.0 Å². The molecule has 0 radical (unpaired) electrons. The summed E-state index contributed by atoms with van der Waals surface area (Å²) in [6, 6.07) is 3.84. The molecule has 7 heteroatoms. The first-order valence-electron chi connectivity index (χ1n) is 7.61. The van der Waals surface area contributed by atoms with Crippen LogP contribution in [0.4, 0.5) is 8.78 Å². The van der Waals surface area contributed by atoms with Crippen LogP contribution in [0.1, 0.15) is 18.4 Å². The third-order valence-corrected chi connectivity index (χ3v) is 4.11. The second-order valence-corrected chi connectivity index (χ2v) is 6.04. The molecule has 1 aliphatic rings. The summed E-state index contributed by atoms with van der Waals surface area (Å²) < 4.78 is 27.1. The maximum Gasteiger partial charge on any atom is 0.256 e. The molecule has 0 aliphatic carbocycles. The van der Waals surface area contributed by atoms with E-state index in [2.05, 4.69) is 0 Å². The number of likely N-dealkylation sites (tertiary alicyclic amines) is 1. The molecule has 0 unspecified atom stereocenters. The highest BCUT2D eigenvalue weighted by atomic mass is 19.2. The number of halogens is 2. The normalized spacial score (nSPS) is 22.0. The van der Waals surface area contributed by atoms with Crippen LogP contribution in [0.15, 0.2) is 18.2 Å². The third-order valence-electron chi connectivity index (χ3n) is 4.11. The Hall–Kier alpha value is -1.57. The fraction of sp³-hybridized carbons (Fsp3) is 0.562. The largest absolute Gasteiger partial charge is 0.395 e. The van der Waals surface area contributed by atoms with E-state index in [-0.39, 0.29) is 25.3 Å². The SMILES string of the molecule is CN(CCO)C[C@]1(O)CCCN(Cc2cccc(F)c2F)C1=O. The van der Waals surface area contributed by atoms with Gasteiger partial charge in [0.05, 0.1) is 6.61 Å². The summed E-state index contributed by atoms with van der Waals surface area (Å²) in [4.78, 5) is 15.6. The highest BCUT2D eigenvalue weighted by Crippen LogP contribution is 2.26. The van der Waals surface area contributed by atoms with Crippen LogP contribution in [-0.4, -0.2) is 64.8 Å². The molecule has 2 rings (SSSR count). The van der Waals surface area contributed by atoms with Gasteiger partial charge in [0.1, 0.15) is 0 Å². The van der Waals surface area contributed by atoms with Crippen molar-refractivity contribution in [1.82, 2.24) is 9.80 Å². The molecule has 1 atom stereocenters. The Kier molecular flexibility index (Phi) is 5.67. The van der Waals surface area contributed by atoms with Crippen molar-refractivity contribution in [1.29, 1.82) is 0 Å². The summed E-state index contributed by atoms with van der Waals surface area (Å²) >= 11 is 0. The number of aliphatic hydroxyl groups is 2. The van der Waals surface area contributed by atoms with Gasteiger partial charge in [-0.15, -0.1) is 0 Å². The number of rotatable bonds is 6. The van der Waals surface area contributed by atoms with Gasteiger partial charge in [-0.2, -0.15) is 0 Å². The molecule has 1 aliphatic heterocycles. The van der Waals surface area contributed by atoms with Crippen molar-refractivity contribution >= 4 is 5.91 Å². The summed E-state index contributed by atoms with van der Waals surface area (Å²) in [5.41, 5.74) is -1.47. The van der Waals surface area contributed by atoms with Crippen LogP contribution in [0.2, 0.25) is 0 Å². The Labute approximate surface area is 134 Å². The lowest BCUT2D eigenvalue weighted by Gasteiger charge is -2.40. The second-order valence-electron chi connectivity index (χ2n) is 6.04. The average Bonchev–Trinajstić information content (AvgIpc) is 2.49. The van der Waals surface area contributed by atoms with Crippen molar-refractivity contribution in [2.75, 3.05) is 33.3 Å². The molecule has 1 fully saturated rings. The summed E-state index contributed by atoms with van der Waals surface area (Å²) in [6.45, 7) is 0.677. The van der Waals surface area contributed by atoms with Crippen LogP contribution in [0.3, 0.4) is 0 Å². The van der Waals surface area contributed by atoms with E-state index in [1.54, 1.807) is 11.9 Å². The van der Waals surface area contributed by atoms with E-state index in [1.807, 2.05) is 0 Å². The number of carbonyl (C=O) groups excluding carboxylic acids is 1. The van der Waals surface area contributed by atoms with Crippen molar-refractivity contribution in [3.05, 3.63) is 35.4 Å². The van der Waals surface area contributed by atoms with Crippen molar-refractivity contribution in [3.8, 4) is 0 Å². The molecule has 1 amide bonds. The van der Waals surface area contributed by atoms with Crippen molar-refractivity contribution in [3.63, 3.8) is 0 Å². The van der Waals surface area contributed by atoms with E-state index in [0.717, 1.165) is 6.07 Å². The van der Waals surface area contributed by atoms with Gasteiger partial charge in [0.25, 0.3) is 5.91 Å². The van der Waals surface area contributed by atoms with Gasteiger partial charge < -0.3 is 20.0 Å². The molecule has 1 aromatic rings. The molecule has 0 aromatic heterocycles. The van der Waals surface area contributed by atoms with Crippen molar-refractivity contribution < 1.29 is 23.8 Å². The van der Waals surface area contributed by atoms with E-state index < -0.39 is 23.1 Å². The predicted octanol–water partition coefficient (Wildman–Crippen LogP) is 0.742. The van der Waals surface area contributed by atoms with E-state index in [9.17, 15) is 18.7 Å². The fourth-order valence-electron chi connectivity index (χ4n) is 2.94. The average molecular weight is 328 g/mol. The zero-order valence-corrected chi connectivity index (χ0v) is 13.1. The first kappa shape index (κ1) is 17.8. The van der Waals surface area contributed by atoms with Crippen LogP contribution in [0.5, 0.6) is 0 Å². The number of amides is 1. The van der Waals surface area contributed by atoms with Gasteiger partial charge in [0.2, 0.25) is 0 Å². The van der Waals surface area contributed by atoms with Gasteiger partial charge in [-0.3, -0.25) is 4.79 Å². The van der Waals surface area contributed by atoms with Gasteiger partial charge >= 0.3 is 0 Å². The van der Waals surface area contributed by atoms with Crippen LogP contribution >= 0.6 is 0 Å². The molecule has 0 spiro atoms. The standard InChI is InChI=1S/C16H22F2N2O3/c1-19(8-9-21)11-16(23)6-3-7-20(15(16)22)10-12-4-2-5-13(17)14(12)18/h2,4-5,21,23H,3,6-11H2,1H3/t16-/m1/s1. The summed E-state index contributed by atoms with van der Waals surface area (Å²) in [5.74, 6) is -2.41. The number of hydrogen-bond acceptors (Lipinski definition) is 4.